The predicted molar refractivity (Wildman–Crippen MR) is 117 cm³/mol. The van der Waals surface area contributed by atoms with Crippen LogP contribution in [0.5, 0.6) is 0 Å². The van der Waals surface area contributed by atoms with E-state index in [-0.39, 0.29) is 23.6 Å². The van der Waals surface area contributed by atoms with Gasteiger partial charge in [-0.05, 0) is 30.9 Å². The highest BCUT2D eigenvalue weighted by molar-refractivity contribution is 5.78. The zero-order valence-electron chi connectivity index (χ0n) is 18.2. The largest absolute Gasteiger partial charge is 0.449 e. The van der Waals surface area contributed by atoms with Gasteiger partial charge in [0, 0.05) is 45.1 Å². The third-order valence-corrected chi connectivity index (χ3v) is 5.79. The summed E-state index contributed by atoms with van der Waals surface area (Å²) in [6.45, 7) is 6.34. The van der Waals surface area contributed by atoms with Gasteiger partial charge in [-0.3, -0.25) is 14.2 Å². The molecule has 1 saturated carbocycles. The fraction of sp³-hybridized carbons (Fsp3) is 0.565. The molecule has 1 saturated heterocycles. The SMILES string of the molecule is CC(C)COC(=O)N1CCN(C(=O)CCc2nc3ccccc3c(=O)n2C2CC2)CC1. The van der Waals surface area contributed by atoms with Crippen molar-refractivity contribution in [2.75, 3.05) is 32.8 Å². The molecule has 8 nitrogen and oxygen atoms in total. The number of aryl methyl sites for hydroxylation is 1. The molecule has 0 N–H and O–H groups in total. The van der Waals surface area contributed by atoms with Gasteiger partial charge >= 0.3 is 6.09 Å². The van der Waals surface area contributed by atoms with E-state index in [1.54, 1.807) is 14.4 Å². The van der Waals surface area contributed by atoms with Crippen molar-refractivity contribution in [1.29, 1.82) is 0 Å². The summed E-state index contributed by atoms with van der Waals surface area (Å²) in [6, 6.07) is 7.58. The number of fused-ring (bicyclic) bond motifs is 1. The van der Waals surface area contributed by atoms with Gasteiger partial charge < -0.3 is 14.5 Å². The standard InChI is InChI=1S/C23H30N4O4/c1-16(2)15-31-23(30)26-13-11-25(12-14-26)21(28)10-9-20-24-19-6-4-3-5-18(19)22(29)27(20)17-7-8-17/h3-6,16-17H,7-15H2,1-2H3. The maximum Gasteiger partial charge on any atom is 0.409 e. The smallest absolute Gasteiger partial charge is 0.409 e. The number of carbonyl (C=O) groups is 2. The van der Waals surface area contributed by atoms with Crippen LogP contribution in [-0.4, -0.2) is 64.1 Å². The Morgan fingerprint density at radius 3 is 2.45 bits per heavy atom. The van der Waals surface area contributed by atoms with Crippen molar-refractivity contribution < 1.29 is 14.3 Å². The number of hydrogen-bond donors (Lipinski definition) is 0. The quantitative estimate of drug-likeness (QED) is 0.709. The molecule has 1 aliphatic carbocycles. The minimum atomic E-state index is -0.311. The first-order chi connectivity index (χ1) is 14.9. The van der Waals surface area contributed by atoms with Crippen LogP contribution in [0, 0.1) is 5.92 Å². The number of nitrogens with zero attached hydrogens (tertiary/aromatic N) is 4. The van der Waals surface area contributed by atoms with Crippen molar-refractivity contribution in [3.05, 3.63) is 40.4 Å². The molecule has 4 rings (SSSR count). The van der Waals surface area contributed by atoms with Crippen LogP contribution in [0.3, 0.4) is 0 Å². The Kier molecular flexibility index (Phi) is 6.25. The second kappa shape index (κ2) is 9.08. The first kappa shape index (κ1) is 21.3. The van der Waals surface area contributed by atoms with Crippen molar-refractivity contribution in [3.63, 3.8) is 0 Å². The molecule has 2 aromatic rings. The molecular weight excluding hydrogens is 396 g/mol. The number of carbonyl (C=O) groups excluding carboxylic acids is 2. The zero-order valence-corrected chi connectivity index (χ0v) is 18.2. The number of amides is 2. The van der Waals surface area contributed by atoms with Gasteiger partial charge in [0.1, 0.15) is 5.82 Å². The lowest BCUT2D eigenvalue weighted by Crippen LogP contribution is -2.51. The first-order valence-electron chi connectivity index (χ1n) is 11.1. The minimum Gasteiger partial charge on any atom is -0.449 e. The first-order valence-corrected chi connectivity index (χ1v) is 11.1. The van der Waals surface area contributed by atoms with E-state index in [0.29, 0.717) is 68.3 Å². The molecule has 0 atom stereocenters. The van der Waals surface area contributed by atoms with E-state index in [0.717, 1.165) is 12.8 Å². The van der Waals surface area contributed by atoms with Crippen molar-refractivity contribution >= 4 is 22.9 Å². The van der Waals surface area contributed by atoms with Gasteiger partial charge in [-0.1, -0.05) is 26.0 Å². The summed E-state index contributed by atoms with van der Waals surface area (Å²) >= 11 is 0. The lowest BCUT2D eigenvalue weighted by Gasteiger charge is -2.34. The van der Waals surface area contributed by atoms with Gasteiger partial charge in [-0.25, -0.2) is 9.78 Å². The Morgan fingerprint density at radius 2 is 1.77 bits per heavy atom. The monoisotopic (exact) mass is 426 g/mol. The normalized spacial score (nSPS) is 16.7. The van der Waals surface area contributed by atoms with E-state index in [1.807, 2.05) is 38.1 Å². The number of hydrogen-bond acceptors (Lipinski definition) is 5. The van der Waals surface area contributed by atoms with Gasteiger partial charge in [0.15, 0.2) is 0 Å². The second-order valence-electron chi connectivity index (χ2n) is 8.79. The maximum absolute atomic E-state index is 13.0. The van der Waals surface area contributed by atoms with Crippen LogP contribution >= 0.6 is 0 Å². The Bertz CT molecular complexity index is 1020. The number of benzene rings is 1. The lowest BCUT2D eigenvalue weighted by molar-refractivity contribution is -0.132. The summed E-state index contributed by atoms with van der Waals surface area (Å²) in [7, 11) is 0. The second-order valence-corrected chi connectivity index (χ2v) is 8.79. The molecule has 1 aromatic heterocycles. The van der Waals surface area contributed by atoms with E-state index in [1.165, 1.54) is 0 Å². The Labute approximate surface area is 181 Å². The highest BCUT2D eigenvalue weighted by atomic mass is 16.6. The molecule has 8 heteroatoms. The van der Waals surface area contributed by atoms with Crippen LogP contribution in [0.1, 0.15) is 45.0 Å². The molecule has 0 spiro atoms. The van der Waals surface area contributed by atoms with E-state index in [2.05, 4.69) is 0 Å². The molecule has 1 aliphatic heterocycles. The zero-order chi connectivity index (χ0) is 22.0. The molecule has 0 unspecified atom stereocenters. The highest BCUT2D eigenvalue weighted by Crippen LogP contribution is 2.35. The molecule has 2 amide bonds. The summed E-state index contributed by atoms with van der Waals surface area (Å²) in [5.74, 6) is 1.01. The predicted octanol–water partition coefficient (Wildman–Crippen LogP) is 2.60. The van der Waals surface area contributed by atoms with Gasteiger partial charge in [0.25, 0.3) is 5.56 Å². The molecule has 1 aromatic carbocycles. The average molecular weight is 427 g/mol. The number of ether oxygens (including phenoxy) is 1. The Morgan fingerprint density at radius 1 is 1.10 bits per heavy atom. The van der Waals surface area contributed by atoms with Crippen LogP contribution in [0.2, 0.25) is 0 Å². The highest BCUT2D eigenvalue weighted by Gasteiger charge is 2.29. The lowest BCUT2D eigenvalue weighted by atomic mass is 10.2. The minimum absolute atomic E-state index is 0.0101. The van der Waals surface area contributed by atoms with Crippen molar-refractivity contribution in [3.8, 4) is 0 Å². The third kappa shape index (κ3) is 4.89. The van der Waals surface area contributed by atoms with Crippen LogP contribution < -0.4 is 5.56 Å². The number of rotatable bonds is 6. The van der Waals surface area contributed by atoms with Crippen LogP contribution in [-0.2, 0) is 16.0 Å². The van der Waals surface area contributed by atoms with E-state index in [9.17, 15) is 14.4 Å². The number of aromatic nitrogens is 2. The van der Waals surface area contributed by atoms with E-state index in [4.69, 9.17) is 9.72 Å². The maximum atomic E-state index is 13.0. The Balaban J connectivity index is 1.37. The Hall–Kier alpha value is -2.90. The summed E-state index contributed by atoms with van der Waals surface area (Å²) < 4.78 is 7.06. The number of piperazine rings is 1. The number of para-hydroxylation sites is 1. The van der Waals surface area contributed by atoms with Gasteiger partial charge in [0.2, 0.25) is 5.91 Å². The molecule has 31 heavy (non-hydrogen) atoms. The molecule has 2 heterocycles. The van der Waals surface area contributed by atoms with Crippen molar-refractivity contribution in [2.24, 2.45) is 5.92 Å². The summed E-state index contributed by atoms with van der Waals surface area (Å²) in [5, 5.41) is 0.630. The van der Waals surface area contributed by atoms with Crippen molar-refractivity contribution in [1.82, 2.24) is 19.4 Å². The van der Waals surface area contributed by atoms with Gasteiger partial charge in [-0.15, -0.1) is 0 Å². The van der Waals surface area contributed by atoms with Crippen molar-refractivity contribution in [2.45, 2.75) is 45.6 Å². The molecular formula is C23H30N4O4. The third-order valence-electron chi connectivity index (χ3n) is 5.79. The van der Waals surface area contributed by atoms with Crippen LogP contribution in [0.15, 0.2) is 29.1 Å². The van der Waals surface area contributed by atoms with Crippen LogP contribution in [0.4, 0.5) is 4.79 Å². The van der Waals surface area contributed by atoms with Crippen LogP contribution in [0.25, 0.3) is 10.9 Å². The summed E-state index contributed by atoms with van der Waals surface area (Å²) in [4.78, 5) is 46.0. The molecule has 166 valence electrons. The molecule has 0 bridgehead atoms. The summed E-state index contributed by atoms with van der Waals surface area (Å²) in [5.41, 5.74) is 0.671. The molecule has 2 aliphatic rings. The van der Waals surface area contributed by atoms with E-state index < -0.39 is 0 Å². The molecule has 2 fully saturated rings. The van der Waals surface area contributed by atoms with Gasteiger partial charge in [0.05, 0.1) is 17.5 Å². The van der Waals surface area contributed by atoms with Gasteiger partial charge in [-0.2, -0.15) is 0 Å². The fourth-order valence-electron chi connectivity index (χ4n) is 3.92. The van der Waals surface area contributed by atoms with E-state index >= 15 is 0 Å². The summed E-state index contributed by atoms with van der Waals surface area (Å²) in [6.07, 6.45) is 2.39. The average Bonchev–Trinajstić information content (AvgIpc) is 3.61. The molecule has 0 radical (unpaired) electrons. The fourth-order valence-corrected chi connectivity index (χ4v) is 3.92. The topological polar surface area (TPSA) is 84.7 Å².